The number of aromatic nitrogens is 2. The molecule has 1 aromatic carbocycles. The molecule has 0 spiro atoms. The van der Waals surface area contributed by atoms with Crippen LogP contribution in [-0.2, 0) is 23.8 Å². The monoisotopic (exact) mass is 273 g/mol. The molecular weight excluding hydrogens is 257 g/mol. The van der Waals surface area contributed by atoms with Gasteiger partial charge in [0, 0.05) is 25.4 Å². The van der Waals surface area contributed by atoms with E-state index in [2.05, 4.69) is 10.4 Å². The van der Waals surface area contributed by atoms with E-state index in [1.807, 2.05) is 13.2 Å². The standard InChI is InChI=1S/C15H16FN3O/c1-19-10-11(9-18-19)8-17-14(20)15(6-7-15)12-2-4-13(16)5-3-12/h2-5,9-10H,6-8H2,1H3,(H,17,20). The van der Waals surface area contributed by atoms with Crippen molar-refractivity contribution in [2.75, 3.05) is 0 Å². The van der Waals surface area contributed by atoms with E-state index >= 15 is 0 Å². The number of nitrogens with one attached hydrogen (secondary N) is 1. The van der Waals surface area contributed by atoms with Gasteiger partial charge < -0.3 is 5.32 Å². The van der Waals surface area contributed by atoms with Crippen molar-refractivity contribution < 1.29 is 9.18 Å². The Morgan fingerprint density at radius 3 is 2.65 bits per heavy atom. The Balaban J connectivity index is 1.68. The second kappa shape index (κ2) is 4.74. The first kappa shape index (κ1) is 12.8. The van der Waals surface area contributed by atoms with Crippen LogP contribution in [-0.4, -0.2) is 15.7 Å². The van der Waals surface area contributed by atoms with Crippen molar-refractivity contribution in [1.82, 2.24) is 15.1 Å². The SMILES string of the molecule is Cn1cc(CNC(=O)C2(c3ccc(F)cc3)CC2)cn1. The van der Waals surface area contributed by atoms with Gasteiger partial charge in [0.2, 0.25) is 5.91 Å². The third kappa shape index (κ3) is 2.31. The molecule has 1 aromatic heterocycles. The second-order valence-corrected chi connectivity index (χ2v) is 5.29. The summed E-state index contributed by atoms with van der Waals surface area (Å²) in [6.07, 6.45) is 5.24. The number of benzene rings is 1. The van der Waals surface area contributed by atoms with Crippen LogP contribution >= 0.6 is 0 Å². The van der Waals surface area contributed by atoms with Crippen molar-refractivity contribution in [2.24, 2.45) is 7.05 Å². The fraction of sp³-hybridized carbons (Fsp3) is 0.333. The Morgan fingerprint density at radius 1 is 1.40 bits per heavy atom. The highest BCUT2D eigenvalue weighted by molar-refractivity contribution is 5.91. The van der Waals surface area contributed by atoms with Crippen LogP contribution in [0.4, 0.5) is 4.39 Å². The minimum Gasteiger partial charge on any atom is -0.351 e. The number of carbonyl (C=O) groups is 1. The van der Waals surface area contributed by atoms with Crippen molar-refractivity contribution in [3.8, 4) is 0 Å². The third-order valence-corrected chi connectivity index (χ3v) is 3.79. The van der Waals surface area contributed by atoms with Crippen LogP contribution in [0.3, 0.4) is 0 Å². The van der Waals surface area contributed by atoms with E-state index in [1.165, 1.54) is 12.1 Å². The number of carbonyl (C=O) groups excluding carboxylic acids is 1. The lowest BCUT2D eigenvalue weighted by Crippen LogP contribution is -2.34. The summed E-state index contributed by atoms with van der Waals surface area (Å²) in [6, 6.07) is 6.21. The predicted octanol–water partition coefficient (Wildman–Crippen LogP) is 1.91. The van der Waals surface area contributed by atoms with Crippen molar-refractivity contribution in [2.45, 2.75) is 24.8 Å². The molecule has 1 saturated carbocycles. The number of hydrogen-bond acceptors (Lipinski definition) is 2. The number of nitrogens with zero attached hydrogens (tertiary/aromatic N) is 2. The second-order valence-electron chi connectivity index (χ2n) is 5.29. The molecule has 1 aliphatic rings. The lowest BCUT2D eigenvalue weighted by molar-refractivity contribution is -0.123. The predicted molar refractivity (Wildman–Crippen MR) is 72.4 cm³/mol. The Kier molecular flexibility index (Phi) is 3.04. The highest BCUT2D eigenvalue weighted by atomic mass is 19.1. The molecule has 1 heterocycles. The summed E-state index contributed by atoms with van der Waals surface area (Å²) in [5, 5.41) is 7.01. The van der Waals surface area contributed by atoms with Gasteiger partial charge in [0.05, 0.1) is 11.6 Å². The van der Waals surface area contributed by atoms with Crippen LogP contribution in [0.5, 0.6) is 0 Å². The summed E-state index contributed by atoms with van der Waals surface area (Å²) >= 11 is 0. The van der Waals surface area contributed by atoms with Gasteiger partial charge in [-0.1, -0.05) is 12.1 Å². The first-order valence-electron chi connectivity index (χ1n) is 6.62. The largest absolute Gasteiger partial charge is 0.351 e. The lowest BCUT2D eigenvalue weighted by Gasteiger charge is -2.15. The van der Waals surface area contributed by atoms with Gasteiger partial charge in [0.15, 0.2) is 0 Å². The van der Waals surface area contributed by atoms with Gasteiger partial charge in [-0.25, -0.2) is 4.39 Å². The maximum absolute atomic E-state index is 13.0. The molecule has 0 radical (unpaired) electrons. The fourth-order valence-corrected chi connectivity index (χ4v) is 2.46. The van der Waals surface area contributed by atoms with Crippen LogP contribution in [0.15, 0.2) is 36.7 Å². The minimum absolute atomic E-state index is 0.00737. The van der Waals surface area contributed by atoms with Gasteiger partial charge in [-0.3, -0.25) is 9.48 Å². The highest BCUT2D eigenvalue weighted by Crippen LogP contribution is 2.48. The molecule has 0 aliphatic heterocycles. The Labute approximate surface area is 116 Å². The summed E-state index contributed by atoms with van der Waals surface area (Å²) < 4.78 is 14.7. The van der Waals surface area contributed by atoms with E-state index < -0.39 is 5.41 Å². The summed E-state index contributed by atoms with van der Waals surface area (Å²) in [4.78, 5) is 12.4. The molecule has 4 nitrogen and oxygen atoms in total. The van der Waals surface area contributed by atoms with Gasteiger partial charge in [0.1, 0.15) is 5.82 Å². The summed E-state index contributed by atoms with van der Waals surface area (Å²) in [5.74, 6) is -0.270. The van der Waals surface area contributed by atoms with E-state index in [-0.39, 0.29) is 11.7 Å². The average molecular weight is 273 g/mol. The maximum Gasteiger partial charge on any atom is 0.230 e. The normalized spacial score (nSPS) is 15.9. The van der Waals surface area contributed by atoms with E-state index in [1.54, 1.807) is 23.0 Å². The van der Waals surface area contributed by atoms with Crippen molar-refractivity contribution in [1.29, 1.82) is 0 Å². The molecule has 3 rings (SSSR count). The quantitative estimate of drug-likeness (QED) is 0.925. The van der Waals surface area contributed by atoms with Gasteiger partial charge in [-0.2, -0.15) is 5.10 Å². The molecule has 1 amide bonds. The zero-order chi connectivity index (χ0) is 14.2. The van der Waals surface area contributed by atoms with Gasteiger partial charge >= 0.3 is 0 Å². The molecule has 1 fully saturated rings. The van der Waals surface area contributed by atoms with Gasteiger partial charge in [-0.15, -0.1) is 0 Å². The number of hydrogen-bond donors (Lipinski definition) is 1. The van der Waals surface area contributed by atoms with Crippen LogP contribution in [0, 0.1) is 5.82 Å². The minimum atomic E-state index is -0.462. The van der Waals surface area contributed by atoms with Crippen molar-refractivity contribution in [3.63, 3.8) is 0 Å². The van der Waals surface area contributed by atoms with Crippen molar-refractivity contribution in [3.05, 3.63) is 53.6 Å². The maximum atomic E-state index is 13.0. The first-order valence-corrected chi connectivity index (χ1v) is 6.62. The van der Waals surface area contributed by atoms with Crippen LogP contribution in [0.1, 0.15) is 24.0 Å². The number of aryl methyl sites for hydroxylation is 1. The number of rotatable bonds is 4. The molecule has 1 N–H and O–H groups in total. The zero-order valence-electron chi connectivity index (χ0n) is 11.3. The topological polar surface area (TPSA) is 46.9 Å². The molecule has 0 saturated heterocycles. The smallest absolute Gasteiger partial charge is 0.230 e. The Hall–Kier alpha value is -2.17. The van der Waals surface area contributed by atoms with E-state index in [4.69, 9.17) is 0 Å². The van der Waals surface area contributed by atoms with E-state index in [0.717, 1.165) is 24.0 Å². The van der Waals surface area contributed by atoms with E-state index in [0.29, 0.717) is 6.54 Å². The summed E-state index contributed by atoms with van der Waals surface area (Å²) in [5.41, 5.74) is 1.40. The summed E-state index contributed by atoms with van der Waals surface area (Å²) in [7, 11) is 1.84. The molecule has 1 aliphatic carbocycles. The Morgan fingerprint density at radius 2 is 2.10 bits per heavy atom. The molecule has 5 heteroatoms. The fourth-order valence-electron chi connectivity index (χ4n) is 2.46. The highest BCUT2D eigenvalue weighted by Gasteiger charge is 2.51. The zero-order valence-corrected chi connectivity index (χ0v) is 11.3. The number of halogens is 1. The van der Waals surface area contributed by atoms with Gasteiger partial charge in [-0.05, 0) is 30.5 Å². The summed E-state index contributed by atoms with van der Waals surface area (Å²) in [6.45, 7) is 0.468. The molecule has 20 heavy (non-hydrogen) atoms. The van der Waals surface area contributed by atoms with Crippen molar-refractivity contribution >= 4 is 5.91 Å². The molecule has 0 bridgehead atoms. The van der Waals surface area contributed by atoms with Crippen LogP contribution < -0.4 is 5.32 Å². The van der Waals surface area contributed by atoms with Crippen LogP contribution in [0.2, 0.25) is 0 Å². The first-order chi connectivity index (χ1) is 9.60. The molecular formula is C15H16FN3O. The molecule has 2 aromatic rings. The lowest BCUT2D eigenvalue weighted by atomic mass is 9.95. The molecule has 0 unspecified atom stereocenters. The molecule has 0 atom stereocenters. The average Bonchev–Trinajstić information content (AvgIpc) is 3.15. The number of amides is 1. The van der Waals surface area contributed by atoms with E-state index in [9.17, 15) is 9.18 Å². The Bertz CT molecular complexity index is 629. The van der Waals surface area contributed by atoms with Crippen LogP contribution in [0.25, 0.3) is 0 Å². The van der Waals surface area contributed by atoms with Gasteiger partial charge in [0.25, 0.3) is 0 Å². The third-order valence-electron chi connectivity index (χ3n) is 3.79. The molecule has 104 valence electrons.